The largest absolute Gasteiger partial charge is 0.384 e. The molecule has 0 radical (unpaired) electrons. The number of hydrogen-bond donors (Lipinski definition) is 1. The van der Waals surface area contributed by atoms with Crippen LogP contribution in [0.1, 0.15) is 33.6 Å². The Balaban J connectivity index is 3.06. The lowest BCUT2D eigenvalue weighted by atomic mass is 10.1. The monoisotopic (exact) mass is 187 g/mol. The molecule has 13 heavy (non-hydrogen) atoms. The van der Waals surface area contributed by atoms with Crippen LogP contribution < -0.4 is 5.32 Å². The second-order valence-electron chi connectivity index (χ2n) is 4.30. The van der Waals surface area contributed by atoms with Gasteiger partial charge in [-0.25, -0.2) is 0 Å². The summed E-state index contributed by atoms with van der Waals surface area (Å²) in [6, 6.07) is 0. The molecule has 2 heteroatoms. The summed E-state index contributed by atoms with van der Waals surface area (Å²) in [4.78, 5) is 0. The molecule has 0 amide bonds. The van der Waals surface area contributed by atoms with Gasteiger partial charge < -0.3 is 10.1 Å². The van der Waals surface area contributed by atoms with Gasteiger partial charge in [-0.05, 0) is 37.8 Å². The first-order valence-corrected chi connectivity index (χ1v) is 5.36. The third-order valence-electron chi connectivity index (χ3n) is 2.05. The lowest BCUT2D eigenvalue weighted by molar-refractivity contribution is 0.154. The molecular formula is C11H25NO. The Labute approximate surface area is 83.1 Å². The van der Waals surface area contributed by atoms with E-state index in [1.54, 1.807) is 7.11 Å². The van der Waals surface area contributed by atoms with Gasteiger partial charge in [-0.1, -0.05) is 20.8 Å². The fourth-order valence-electron chi connectivity index (χ4n) is 1.33. The maximum atomic E-state index is 5.08. The minimum absolute atomic E-state index is 0.700. The third kappa shape index (κ3) is 9.84. The second kappa shape index (κ2) is 8.52. The van der Waals surface area contributed by atoms with Crippen LogP contribution in [0.15, 0.2) is 0 Å². The lowest BCUT2D eigenvalue weighted by Gasteiger charge is -2.11. The van der Waals surface area contributed by atoms with E-state index >= 15 is 0 Å². The van der Waals surface area contributed by atoms with Gasteiger partial charge >= 0.3 is 0 Å². The molecule has 1 atom stereocenters. The average molecular weight is 187 g/mol. The Morgan fingerprint density at radius 2 is 1.92 bits per heavy atom. The van der Waals surface area contributed by atoms with Gasteiger partial charge in [-0.3, -0.25) is 0 Å². The zero-order valence-electron chi connectivity index (χ0n) is 9.60. The normalized spacial score (nSPS) is 13.6. The fourth-order valence-corrected chi connectivity index (χ4v) is 1.33. The second-order valence-corrected chi connectivity index (χ2v) is 4.30. The summed E-state index contributed by atoms with van der Waals surface area (Å²) >= 11 is 0. The average Bonchev–Trinajstić information content (AvgIpc) is 2.03. The first-order chi connectivity index (χ1) is 6.16. The molecule has 0 bridgehead atoms. The standard InChI is InChI=1S/C11H25NO/c1-10(2)8-12-7-5-6-11(3)9-13-4/h10-12H,5-9H2,1-4H3. The molecule has 0 aromatic heterocycles. The molecular weight excluding hydrogens is 162 g/mol. The number of methoxy groups -OCH3 is 1. The van der Waals surface area contributed by atoms with E-state index in [0.717, 1.165) is 25.6 Å². The molecule has 0 aromatic rings. The van der Waals surface area contributed by atoms with Crippen LogP contribution >= 0.6 is 0 Å². The summed E-state index contributed by atoms with van der Waals surface area (Å²) in [5, 5.41) is 3.44. The van der Waals surface area contributed by atoms with Crippen molar-refractivity contribution in [2.45, 2.75) is 33.6 Å². The maximum absolute atomic E-state index is 5.08. The minimum atomic E-state index is 0.700. The van der Waals surface area contributed by atoms with Crippen molar-refractivity contribution >= 4 is 0 Å². The van der Waals surface area contributed by atoms with Gasteiger partial charge in [0.2, 0.25) is 0 Å². The molecule has 2 nitrogen and oxygen atoms in total. The summed E-state index contributed by atoms with van der Waals surface area (Å²) in [5.41, 5.74) is 0. The van der Waals surface area contributed by atoms with Gasteiger partial charge in [0, 0.05) is 13.7 Å². The Kier molecular flexibility index (Phi) is 8.46. The zero-order valence-corrected chi connectivity index (χ0v) is 9.60. The van der Waals surface area contributed by atoms with Crippen molar-refractivity contribution in [3.8, 4) is 0 Å². The van der Waals surface area contributed by atoms with Crippen LogP contribution in [0.25, 0.3) is 0 Å². The van der Waals surface area contributed by atoms with Crippen LogP contribution in [0.3, 0.4) is 0 Å². The first kappa shape index (κ1) is 12.9. The summed E-state index contributed by atoms with van der Waals surface area (Å²) in [6.45, 7) is 9.89. The first-order valence-electron chi connectivity index (χ1n) is 5.36. The fraction of sp³-hybridized carbons (Fsp3) is 1.00. The van der Waals surface area contributed by atoms with Crippen molar-refractivity contribution < 1.29 is 4.74 Å². The predicted molar refractivity (Wildman–Crippen MR) is 58.0 cm³/mol. The highest BCUT2D eigenvalue weighted by molar-refractivity contribution is 4.55. The third-order valence-corrected chi connectivity index (χ3v) is 2.05. The summed E-state index contributed by atoms with van der Waals surface area (Å²) in [6.07, 6.45) is 2.52. The van der Waals surface area contributed by atoms with Crippen molar-refractivity contribution in [3.63, 3.8) is 0 Å². The van der Waals surface area contributed by atoms with Gasteiger partial charge in [0.15, 0.2) is 0 Å². The van der Waals surface area contributed by atoms with Crippen LogP contribution in [0.2, 0.25) is 0 Å². The quantitative estimate of drug-likeness (QED) is 0.589. The Morgan fingerprint density at radius 3 is 2.46 bits per heavy atom. The van der Waals surface area contributed by atoms with Gasteiger partial charge in [-0.2, -0.15) is 0 Å². The van der Waals surface area contributed by atoms with Crippen LogP contribution in [-0.4, -0.2) is 26.8 Å². The number of nitrogens with one attached hydrogen (secondary N) is 1. The molecule has 1 unspecified atom stereocenters. The summed E-state index contributed by atoms with van der Waals surface area (Å²) in [7, 11) is 1.77. The van der Waals surface area contributed by atoms with Crippen LogP contribution in [0.4, 0.5) is 0 Å². The van der Waals surface area contributed by atoms with Crippen molar-refractivity contribution in [1.82, 2.24) is 5.32 Å². The van der Waals surface area contributed by atoms with Crippen molar-refractivity contribution in [2.24, 2.45) is 11.8 Å². The molecule has 0 aliphatic carbocycles. The Hall–Kier alpha value is -0.0800. The predicted octanol–water partition coefficient (Wildman–Crippen LogP) is 2.29. The SMILES string of the molecule is COCC(C)CCCNCC(C)C. The molecule has 1 N–H and O–H groups in total. The summed E-state index contributed by atoms with van der Waals surface area (Å²) < 4.78 is 5.08. The molecule has 0 fully saturated rings. The number of ether oxygens (including phenoxy) is 1. The van der Waals surface area contributed by atoms with E-state index in [1.165, 1.54) is 12.8 Å². The molecule has 0 aliphatic heterocycles. The molecule has 0 saturated heterocycles. The van der Waals surface area contributed by atoms with E-state index in [1.807, 2.05) is 0 Å². The van der Waals surface area contributed by atoms with E-state index < -0.39 is 0 Å². The highest BCUT2D eigenvalue weighted by Crippen LogP contribution is 2.04. The topological polar surface area (TPSA) is 21.3 Å². The number of rotatable bonds is 8. The van der Waals surface area contributed by atoms with Crippen LogP contribution in [-0.2, 0) is 4.74 Å². The van der Waals surface area contributed by atoms with Gasteiger partial charge in [-0.15, -0.1) is 0 Å². The number of hydrogen-bond acceptors (Lipinski definition) is 2. The van der Waals surface area contributed by atoms with Crippen molar-refractivity contribution in [3.05, 3.63) is 0 Å². The highest BCUT2D eigenvalue weighted by atomic mass is 16.5. The molecule has 0 rings (SSSR count). The van der Waals surface area contributed by atoms with E-state index in [2.05, 4.69) is 26.1 Å². The molecule has 80 valence electrons. The maximum Gasteiger partial charge on any atom is 0.0487 e. The Morgan fingerprint density at radius 1 is 1.23 bits per heavy atom. The molecule has 0 aliphatic rings. The van der Waals surface area contributed by atoms with Crippen molar-refractivity contribution in [1.29, 1.82) is 0 Å². The molecule has 0 aromatic carbocycles. The van der Waals surface area contributed by atoms with Crippen LogP contribution in [0, 0.1) is 11.8 Å². The minimum Gasteiger partial charge on any atom is -0.384 e. The van der Waals surface area contributed by atoms with Crippen LogP contribution in [0.5, 0.6) is 0 Å². The van der Waals surface area contributed by atoms with Gasteiger partial charge in [0.05, 0.1) is 0 Å². The Bertz CT molecular complexity index is 104. The molecule has 0 saturated carbocycles. The van der Waals surface area contributed by atoms with Gasteiger partial charge in [0.1, 0.15) is 0 Å². The van der Waals surface area contributed by atoms with E-state index in [0.29, 0.717) is 5.92 Å². The molecule has 0 heterocycles. The van der Waals surface area contributed by atoms with Crippen molar-refractivity contribution in [2.75, 3.05) is 26.8 Å². The van der Waals surface area contributed by atoms with E-state index in [4.69, 9.17) is 4.74 Å². The summed E-state index contributed by atoms with van der Waals surface area (Å²) in [5.74, 6) is 1.46. The molecule has 0 spiro atoms. The highest BCUT2D eigenvalue weighted by Gasteiger charge is 2.00. The van der Waals surface area contributed by atoms with E-state index in [-0.39, 0.29) is 0 Å². The lowest BCUT2D eigenvalue weighted by Crippen LogP contribution is -2.21. The van der Waals surface area contributed by atoms with Gasteiger partial charge in [0.25, 0.3) is 0 Å². The van der Waals surface area contributed by atoms with E-state index in [9.17, 15) is 0 Å². The smallest absolute Gasteiger partial charge is 0.0487 e. The zero-order chi connectivity index (χ0) is 10.1.